The van der Waals surface area contributed by atoms with E-state index in [1.165, 1.54) is 71.3 Å². The highest BCUT2D eigenvalue weighted by atomic mass is 35.5. The van der Waals surface area contributed by atoms with Gasteiger partial charge >= 0.3 is 60.8 Å². The Hall–Kier alpha value is -4.03. The molecule has 1 N–H and O–H groups in total. The van der Waals surface area contributed by atoms with Crippen LogP contribution in [0.5, 0.6) is 0 Å². The molecule has 4 fully saturated rings. The number of nitrogens with zero attached hydrogens (tertiary/aromatic N) is 3. The van der Waals surface area contributed by atoms with E-state index in [1.807, 2.05) is 51.3 Å². The molecule has 8 nitrogen and oxygen atoms in total. The summed E-state index contributed by atoms with van der Waals surface area (Å²) in [5, 5.41) is 5.22. The topological polar surface area (TPSA) is 84.2 Å². The van der Waals surface area contributed by atoms with Crippen molar-refractivity contribution in [2.75, 3.05) is 32.1 Å². The van der Waals surface area contributed by atoms with Gasteiger partial charge in [-0.1, -0.05) is 188 Å². The summed E-state index contributed by atoms with van der Waals surface area (Å²) >= 11 is 9.50. The predicted octanol–water partition coefficient (Wildman–Crippen LogP) is 32.8. The third kappa shape index (κ3) is 64.7. The number of likely N-dealkylation sites (tertiary alicyclic amines) is 2. The average Bonchev–Trinajstić information content (AvgIpc) is 1.55. The third-order valence-electron chi connectivity index (χ3n) is 20.5. The van der Waals surface area contributed by atoms with Crippen molar-refractivity contribution in [1.29, 1.82) is 0 Å². The van der Waals surface area contributed by atoms with E-state index in [2.05, 4.69) is 175 Å². The molecule has 4 atom stereocenters. The van der Waals surface area contributed by atoms with E-state index in [0.717, 1.165) is 108 Å². The number of alkyl halides is 25. The summed E-state index contributed by atoms with van der Waals surface area (Å²) in [5.74, 6) is 1.81. The van der Waals surface area contributed by atoms with Gasteiger partial charge in [-0.05, 0) is 208 Å². The minimum absolute atomic E-state index is 0.151. The number of piperidine rings is 2. The van der Waals surface area contributed by atoms with Crippen LogP contribution in [0.3, 0.4) is 0 Å². The summed E-state index contributed by atoms with van der Waals surface area (Å²) < 4.78 is 273. The second-order valence-electron chi connectivity index (χ2n) is 33.6. The molecule has 4 unspecified atom stereocenters. The number of hydrogen-bond acceptors (Lipinski definition) is 5. The van der Waals surface area contributed by atoms with Crippen molar-refractivity contribution >= 4 is 35.4 Å². The molecule has 708 valence electrons. The first-order valence-corrected chi connectivity index (χ1v) is 41.7. The molecule has 1 aromatic heterocycles. The minimum atomic E-state index is -5.68. The van der Waals surface area contributed by atoms with Crippen LogP contribution in [0.4, 0.5) is 111 Å². The molecular weight excluding hydrogens is 1650 g/mol. The van der Waals surface area contributed by atoms with Crippen molar-refractivity contribution in [3.05, 3.63) is 60.4 Å². The SMILES string of the molecule is CC(F)(F)Cl.CC1C(C)(C)C1(C)C.CC1CC1C.CCC(C(F)(F)F)C(F)(F)F.CCC(C)(C)n1cccc1.CCC(C)C(F)(F)F.CCC(C)c1ccccc1.CCC(F)(F)F.CCC(O)(C(F)(F)F)C(F)(F)F.CCC1CCN(C(=O)OC(C)(C)C)CC1.CCCC(F)(F)F.CCCC1CCN(C(=O)OC(C)(C)C)CC1.CCCCCl. The maximum atomic E-state index is 11.8. The summed E-state index contributed by atoms with van der Waals surface area (Å²) in [6.07, 6.45) is -18.6. The molecule has 2 amide bonds. The highest BCUT2D eigenvalue weighted by Gasteiger charge is 2.69. The summed E-state index contributed by atoms with van der Waals surface area (Å²) in [6, 6.07) is 14.8. The lowest BCUT2D eigenvalue weighted by Gasteiger charge is -2.33. The molecule has 2 aromatic rings. The van der Waals surface area contributed by atoms with E-state index in [-0.39, 0.29) is 41.8 Å². The zero-order valence-corrected chi connectivity index (χ0v) is 77.0. The second kappa shape index (κ2) is 58.2. The molecule has 2 saturated carbocycles. The minimum Gasteiger partial charge on any atom is -0.444 e. The largest absolute Gasteiger partial charge is 0.444 e. The number of aromatic nitrogens is 1. The summed E-state index contributed by atoms with van der Waals surface area (Å²) in [5.41, 5.74) is -2.40. The molecule has 33 heteroatoms. The molecular formula is C85H148Cl2F23N3O5. The fourth-order valence-corrected chi connectivity index (χ4v) is 10.1. The van der Waals surface area contributed by atoms with Crippen LogP contribution in [0.2, 0.25) is 0 Å². The molecule has 2 aliphatic carbocycles. The fourth-order valence-electron chi connectivity index (χ4n) is 9.82. The molecule has 118 heavy (non-hydrogen) atoms. The van der Waals surface area contributed by atoms with Gasteiger partial charge in [-0.15, -0.1) is 11.6 Å². The highest BCUT2D eigenvalue weighted by molar-refractivity contribution is 6.21. The summed E-state index contributed by atoms with van der Waals surface area (Å²) in [6.45, 7) is 56.3. The lowest BCUT2D eigenvalue weighted by Crippen LogP contribution is -2.56. The van der Waals surface area contributed by atoms with Crippen LogP contribution >= 0.6 is 23.2 Å². The van der Waals surface area contributed by atoms with Crippen LogP contribution in [0.15, 0.2) is 54.9 Å². The number of carbonyl (C=O) groups excluding carboxylic acids is 2. The van der Waals surface area contributed by atoms with Gasteiger partial charge in [-0.3, -0.25) is 0 Å². The molecule has 6 rings (SSSR count). The van der Waals surface area contributed by atoms with Crippen LogP contribution in [-0.2, 0) is 15.0 Å². The average molecular weight is 1800 g/mol. The third-order valence-corrected chi connectivity index (χ3v) is 20.7. The zero-order chi connectivity index (χ0) is 95.1. The zero-order valence-electron chi connectivity index (χ0n) is 75.4. The molecule has 0 radical (unpaired) electrons. The molecule has 0 bridgehead atoms. The van der Waals surface area contributed by atoms with Crippen LogP contribution in [0.1, 0.15) is 321 Å². The van der Waals surface area contributed by atoms with E-state index >= 15 is 0 Å². The Morgan fingerprint density at radius 2 is 0.839 bits per heavy atom. The molecule has 2 saturated heterocycles. The predicted molar refractivity (Wildman–Crippen MR) is 433 cm³/mol. The van der Waals surface area contributed by atoms with Crippen LogP contribution in [0, 0.1) is 52.3 Å². The lowest BCUT2D eigenvalue weighted by atomic mass is 9.93. The van der Waals surface area contributed by atoms with Crippen molar-refractivity contribution in [3.63, 3.8) is 0 Å². The number of carbonyl (C=O) groups is 2. The van der Waals surface area contributed by atoms with Gasteiger partial charge in [0.1, 0.15) is 17.1 Å². The standard InChI is InChI=1S/C13H25NO2.C12H23NO2.C10H14.C9H15N.C8H16.C5H6F6O.C5H6F6.C5H9F3.C5H10.C4H9Cl.C4H7F3.C3H5F3.C2H3ClF2/c1-5-6-11-7-9-14(10-8-11)12(15)16-13(2,3)4;1-5-10-6-8-13(9-7-10)11(14)15-12(2,3)4;1-3-9(2)10-7-5-4-6-8-10;1-4-9(2,3)10-7-5-6-8-10;1-6-7(2,3)8(6,4)5;1-2-3(12,4(6,7)8)5(9,10)11;1-2-3(4(6,7)8)5(9,10)11;1-3-4(2)5(6,7)8;1-4-3-5(4)2;1-2-3-4-5;1-2-3-4(5,6)7;1-2-3(4,5)6;1-2(3,4)5/h11H,5-10H2,1-4H3;10H,5-9H2,1-4H3;4-9H,3H2,1-2H3;5-8H,4H2,1-3H3;6H,1-5H3;12H,2H2,1H3;3H,2H2,1H3;4H,3H2,1-2H3;4-5H,3H2,1-2H3;2-4H2,1H3;2-3H2,1H3;2H2,1H3;1H3. The lowest BCUT2D eigenvalue weighted by molar-refractivity contribution is -0.368. The van der Waals surface area contributed by atoms with Gasteiger partial charge in [0.2, 0.25) is 0 Å². The van der Waals surface area contributed by atoms with Gasteiger partial charge in [0.15, 0.2) is 0 Å². The van der Waals surface area contributed by atoms with Crippen molar-refractivity contribution in [2.24, 2.45) is 52.3 Å². The number of ether oxygens (including phenoxy) is 2. The summed E-state index contributed by atoms with van der Waals surface area (Å²) in [7, 11) is 0. The maximum Gasteiger partial charge on any atom is 0.426 e. The quantitative estimate of drug-likeness (QED) is 0.160. The first-order valence-electron chi connectivity index (χ1n) is 40.8. The van der Waals surface area contributed by atoms with Crippen molar-refractivity contribution in [3.8, 4) is 0 Å². The number of benzene rings is 1. The number of amides is 2. The normalized spacial score (nSPS) is 17.5. The van der Waals surface area contributed by atoms with Gasteiger partial charge in [0.05, 0.1) is 5.92 Å². The number of rotatable bonds is 13. The number of hydrogen-bond donors (Lipinski definition) is 1. The number of halogens is 25. The van der Waals surface area contributed by atoms with E-state index < -0.39 is 91.7 Å². The van der Waals surface area contributed by atoms with Gasteiger partial charge in [-0.25, -0.2) is 9.59 Å². The highest BCUT2D eigenvalue weighted by Crippen LogP contribution is 2.68. The van der Waals surface area contributed by atoms with Crippen LogP contribution in [-0.4, -0.2) is 129 Å². The van der Waals surface area contributed by atoms with Crippen molar-refractivity contribution in [1.82, 2.24) is 14.4 Å². The van der Waals surface area contributed by atoms with Gasteiger partial charge in [0.25, 0.3) is 5.60 Å². The van der Waals surface area contributed by atoms with Gasteiger partial charge in [0, 0.05) is 69.8 Å². The monoisotopic (exact) mass is 1800 g/mol. The van der Waals surface area contributed by atoms with Crippen LogP contribution < -0.4 is 0 Å². The van der Waals surface area contributed by atoms with E-state index in [1.54, 1.807) is 0 Å². The Kier molecular flexibility index (Phi) is 62.7. The Labute approximate surface area is 703 Å². The first kappa shape index (κ1) is 127. The molecule has 3 heterocycles. The maximum absolute atomic E-state index is 11.8. The molecule has 4 aliphatic rings. The Bertz CT molecular complexity index is 2700. The number of unbranched alkanes of at least 4 members (excludes halogenated alkanes) is 1. The Balaban J connectivity index is -0.000000230. The van der Waals surface area contributed by atoms with E-state index in [9.17, 15) is 111 Å². The van der Waals surface area contributed by atoms with Crippen LogP contribution in [0.25, 0.3) is 0 Å². The molecule has 0 spiro atoms. The smallest absolute Gasteiger partial charge is 0.426 e. The van der Waals surface area contributed by atoms with Gasteiger partial charge in [-0.2, -0.15) is 101 Å². The van der Waals surface area contributed by atoms with Crippen molar-refractivity contribution in [2.45, 2.75) is 386 Å². The second-order valence-corrected chi connectivity index (χ2v) is 34.7. The first-order chi connectivity index (χ1) is 52.8. The Morgan fingerprint density at radius 1 is 0.500 bits per heavy atom. The van der Waals surface area contributed by atoms with Gasteiger partial charge < -0.3 is 28.9 Å². The van der Waals surface area contributed by atoms with E-state index in [0.29, 0.717) is 30.6 Å². The van der Waals surface area contributed by atoms with E-state index in [4.69, 9.17) is 26.2 Å². The van der Waals surface area contributed by atoms with Crippen molar-refractivity contribution < 1.29 is 125 Å². The summed E-state index contributed by atoms with van der Waals surface area (Å²) in [4.78, 5) is 27.2. The Morgan fingerprint density at radius 3 is 0.992 bits per heavy atom. The molecule has 2 aliphatic heterocycles. The molecule has 1 aromatic carbocycles. The number of aliphatic hydroxyl groups is 1. The fraction of sp³-hybridized carbons (Fsp3) is 0.859.